The predicted molar refractivity (Wildman–Crippen MR) is 110 cm³/mol. The molecule has 0 aliphatic heterocycles. The summed E-state index contributed by atoms with van der Waals surface area (Å²) in [6.45, 7) is 2.73. The quantitative estimate of drug-likeness (QED) is 0.340. The summed E-state index contributed by atoms with van der Waals surface area (Å²) in [7, 11) is 1.58. The van der Waals surface area contributed by atoms with E-state index in [9.17, 15) is 9.59 Å². The lowest BCUT2D eigenvalue weighted by molar-refractivity contribution is 0.615. The maximum absolute atomic E-state index is 12.3. The molecule has 0 amide bonds. The van der Waals surface area contributed by atoms with Crippen LogP contribution in [-0.2, 0) is 13.6 Å². The maximum Gasteiger partial charge on any atom is 0.329 e. The Kier molecular flexibility index (Phi) is 5.90. The first-order valence-electron chi connectivity index (χ1n) is 8.75. The average Bonchev–Trinajstić information content (AvgIpc) is 3.01. The third-order valence-corrected chi connectivity index (χ3v) is 4.77. The fourth-order valence-electron chi connectivity index (χ4n) is 2.77. The zero-order valence-electron chi connectivity index (χ0n) is 15.2. The number of imidazole rings is 1. The van der Waals surface area contributed by atoms with E-state index in [1.54, 1.807) is 17.8 Å². The monoisotopic (exact) mass is 432 g/mol. The summed E-state index contributed by atoms with van der Waals surface area (Å²) in [5, 5.41) is 4.23. The van der Waals surface area contributed by atoms with Crippen LogP contribution in [0.1, 0.15) is 31.7 Å². The molecular formula is C18H21BrN6O2. The highest BCUT2D eigenvalue weighted by atomic mass is 79.9. The summed E-state index contributed by atoms with van der Waals surface area (Å²) in [4.78, 5) is 31.0. The van der Waals surface area contributed by atoms with Crippen molar-refractivity contribution >= 4 is 39.3 Å². The van der Waals surface area contributed by atoms with Crippen LogP contribution < -0.4 is 16.7 Å². The minimum atomic E-state index is -0.490. The van der Waals surface area contributed by atoms with Gasteiger partial charge in [0.25, 0.3) is 5.56 Å². The summed E-state index contributed by atoms with van der Waals surface area (Å²) in [5.41, 5.74) is 3.60. The van der Waals surface area contributed by atoms with Crippen LogP contribution in [0.5, 0.6) is 0 Å². The minimum absolute atomic E-state index is 0.335. The summed E-state index contributed by atoms with van der Waals surface area (Å²) >= 11 is 3.39. The number of aromatic amines is 1. The highest BCUT2D eigenvalue weighted by molar-refractivity contribution is 9.10. The van der Waals surface area contributed by atoms with E-state index < -0.39 is 11.2 Å². The molecule has 2 aromatic heterocycles. The molecule has 142 valence electrons. The minimum Gasteiger partial charge on any atom is -0.303 e. The van der Waals surface area contributed by atoms with E-state index in [1.807, 2.05) is 24.3 Å². The number of halogens is 1. The highest BCUT2D eigenvalue weighted by Gasteiger charge is 2.16. The van der Waals surface area contributed by atoms with E-state index in [1.165, 1.54) is 4.57 Å². The molecule has 0 unspecified atom stereocenters. The molecule has 9 heteroatoms. The van der Waals surface area contributed by atoms with E-state index in [2.05, 4.69) is 43.3 Å². The number of aromatic nitrogens is 4. The molecule has 3 aromatic rings. The third-order valence-electron chi connectivity index (χ3n) is 4.24. The van der Waals surface area contributed by atoms with Crippen LogP contribution in [0, 0.1) is 0 Å². The molecule has 8 nitrogen and oxygen atoms in total. The molecule has 1 aromatic carbocycles. The van der Waals surface area contributed by atoms with Gasteiger partial charge in [-0.2, -0.15) is 10.1 Å². The number of unbranched alkanes of at least 4 members (excludes halogenated alkanes) is 2. The van der Waals surface area contributed by atoms with Crippen LogP contribution in [0.25, 0.3) is 11.2 Å². The number of aryl methyl sites for hydroxylation is 2. The van der Waals surface area contributed by atoms with Gasteiger partial charge in [-0.1, -0.05) is 47.8 Å². The molecule has 2 N–H and O–H groups in total. The zero-order chi connectivity index (χ0) is 19.4. The van der Waals surface area contributed by atoms with Crippen LogP contribution in [0.15, 0.2) is 43.4 Å². The SMILES string of the molecule is CCCCCn1c(N/N=C/c2ccc(Br)cc2)nc2c1c(=O)[nH]c(=O)n2C. The fourth-order valence-corrected chi connectivity index (χ4v) is 3.04. The molecule has 0 radical (unpaired) electrons. The van der Waals surface area contributed by atoms with Gasteiger partial charge in [-0.25, -0.2) is 10.2 Å². The number of hydrogen-bond donors (Lipinski definition) is 2. The second kappa shape index (κ2) is 8.34. The summed E-state index contributed by atoms with van der Waals surface area (Å²) in [6.07, 6.45) is 4.66. The maximum atomic E-state index is 12.3. The third kappa shape index (κ3) is 4.19. The van der Waals surface area contributed by atoms with E-state index in [0.29, 0.717) is 23.7 Å². The zero-order valence-corrected chi connectivity index (χ0v) is 16.8. The molecule has 0 bridgehead atoms. The first-order valence-corrected chi connectivity index (χ1v) is 9.54. The number of benzene rings is 1. The molecule has 0 fully saturated rings. The molecule has 0 aliphatic rings. The number of fused-ring (bicyclic) bond motifs is 1. The van der Waals surface area contributed by atoms with Crippen molar-refractivity contribution in [2.45, 2.75) is 32.7 Å². The van der Waals surface area contributed by atoms with Crippen molar-refractivity contribution < 1.29 is 0 Å². The van der Waals surface area contributed by atoms with Crippen LogP contribution in [0.4, 0.5) is 5.95 Å². The van der Waals surface area contributed by atoms with Crippen LogP contribution in [-0.4, -0.2) is 25.3 Å². The normalized spacial score (nSPS) is 11.5. The first-order chi connectivity index (χ1) is 13.0. The van der Waals surface area contributed by atoms with Gasteiger partial charge in [0.1, 0.15) is 0 Å². The van der Waals surface area contributed by atoms with Gasteiger partial charge in [-0.15, -0.1) is 0 Å². The number of H-pyrrole nitrogens is 1. The van der Waals surface area contributed by atoms with E-state index >= 15 is 0 Å². The molecule has 3 rings (SSSR count). The summed E-state index contributed by atoms with van der Waals surface area (Å²) in [5.74, 6) is 0.432. The number of anilines is 1. The molecule has 0 atom stereocenters. The number of hydrogen-bond acceptors (Lipinski definition) is 5. The Balaban J connectivity index is 1.97. The fraction of sp³-hybridized carbons (Fsp3) is 0.333. The standard InChI is InChI=1S/C18H21BrN6O2/c1-3-4-5-10-25-14-15(24(2)18(27)22-16(14)26)21-17(25)23-20-11-12-6-8-13(19)9-7-12/h6-9,11H,3-5,10H2,1-2H3,(H,21,23)(H,22,26,27)/b20-11+. The van der Waals surface area contributed by atoms with Crippen molar-refractivity contribution in [3.8, 4) is 0 Å². The van der Waals surface area contributed by atoms with Gasteiger partial charge in [0.2, 0.25) is 5.95 Å². The Morgan fingerprint density at radius 1 is 1.26 bits per heavy atom. The lowest BCUT2D eigenvalue weighted by atomic mass is 10.2. The summed E-state index contributed by atoms with van der Waals surface area (Å²) < 4.78 is 4.10. The van der Waals surface area contributed by atoms with Crippen molar-refractivity contribution in [3.63, 3.8) is 0 Å². The second-order valence-corrected chi connectivity index (χ2v) is 7.12. The molecule has 0 saturated heterocycles. The van der Waals surface area contributed by atoms with Gasteiger partial charge >= 0.3 is 5.69 Å². The van der Waals surface area contributed by atoms with Gasteiger partial charge in [0, 0.05) is 18.1 Å². The number of nitrogens with zero attached hydrogens (tertiary/aromatic N) is 4. The van der Waals surface area contributed by atoms with Gasteiger partial charge in [-0.3, -0.25) is 14.3 Å². The van der Waals surface area contributed by atoms with Gasteiger partial charge < -0.3 is 4.57 Å². The molecule has 2 heterocycles. The lowest BCUT2D eigenvalue weighted by Gasteiger charge is -2.07. The number of rotatable bonds is 7. The predicted octanol–water partition coefficient (Wildman–Crippen LogP) is 2.82. The Hall–Kier alpha value is -2.68. The first kappa shape index (κ1) is 19.1. The summed E-state index contributed by atoms with van der Waals surface area (Å²) in [6, 6.07) is 7.70. The molecule has 27 heavy (non-hydrogen) atoms. The Labute approximate surface area is 164 Å². The second-order valence-electron chi connectivity index (χ2n) is 6.21. The Morgan fingerprint density at radius 3 is 2.70 bits per heavy atom. The van der Waals surface area contributed by atoms with E-state index in [-0.39, 0.29) is 0 Å². The van der Waals surface area contributed by atoms with Crippen molar-refractivity contribution in [3.05, 3.63) is 55.1 Å². The number of hydrazone groups is 1. The van der Waals surface area contributed by atoms with Crippen LogP contribution in [0.3, 0.4) is 0 Å². The molecular weight excluding hydrogens is 412 g/mol. The Bertz CT molecular complexity index is 1080. The highest BCUT2D eigenvalue weighted by Crippen LogP contribution is 2.17. The number of nitrogens with one attached hydrogen (secondary N) is 2. The smallest absolute Gasteiger partial charge is 0.303 e. The van der Waals surface area contributed by atoms with Crippen LogP contribution >= 0.6 is 15.9 Å². The van der Waals surface area contributed by atoms with Gasteiger partial charge in [0.15, 0.2) is 11.2 Å². The van der Waals surface area contributed by atoms with Crippen molar-refractivity contribution in [2.75, 3.05) is 5.43 Å². The molecule has 0 aliphatic carbocycles. The molecule has 0 spiro atoms. The van der Waals surface area contributed by atoms with Crippen LogP contribution in [0.2, 0.25) is 0 Å². The van der Waals surface area contributed by atoms with Gasteiger partial charge in [-0.05, 0) is 24.1 Å². The van der Waals surface area contributed by atoms with Crippen molar-refractivity contribution in [1.29, 1.82) is 0 Å². The Morgan fingerprint density at radius 2 is 2.00 bits per heavy atom. The van der Waals surface area contributed by atoms with Crippen molar-refractivity contribution in [1.82, 2.24) is 19.1 Å². The largest absolute Gasteiger partial charge is 0.329 e. The van der Waals surface area contributed by atoms with E-state index in [0.717, 1.165) is 29.3 Å². The van der Waals surface area contributed by atoms with E-state index in [4.69, 9.17) is 0 Å². The lowest BCUT2D eigenvalue weighted by Crippen LogP contribution is -2.29. The van der Waals surface area contributed by atoms with Gasteiger partial charge in [0.05, 0.1) is 6.21 Å². The topological polar surface area (TPSA) is 97.1 Å². The molecule has 0 saturated carbocycles. The average molecular weight is 433 g/mol. The van der Waals surface area contributed by atoms with Crippen molar-refractivity contribution in [2.24, 2.45) is 12.1 Å².